The minimum Gasteiger partial charge on any atom is -0.341 e. The van der Waals surface area contributed by atoms with Crippen molar-refractivity contribution < 1.29 is 13.2 Å². The molecule has 164 valence electrons. The van der Waals surface area contributed by atoms with E-state index in [1.54, 1.807) is 22.5 Å². The zero-order valence-electron chi connectivity index (χ0n) is 18.0. The molecule has 8 heteroatoms. The number of likely N-dealkylation sites (N-methyl/N-ethyl adjacent to an activating group) is 1. The Morgan fingerprint density at radius 1 is 1.23 bits per heavy atom. The number of piperidine rings is 1. The van der Waals surface area contributed by atoms with Gasteiger partial charge in [-0.25, -0.2) is 8.42 Å². The van der Waals surface area contributed by atoms with Gasteiger partial charge in [0.1, 0.15) is 0 Å². The normalized spacial score (nSPS) is 19.1. The zero-order valence-corrected chi connectivity index (χ0v) is 18.9. The van der Waals surface area contributed by atoms with Crippen molar-refractivity contribution >= 4 is 15.9 Å². The Hall–Kier alpha value is -1.95. The molecule has 0 radical (unpaired) electrons. The quantitative estimate of drug-likeness (QED) is 0.680. The molecule has 0 aromatic heterocycles. The monoisotopic (exact) mass is 432 g/mol. The molecule has 2 fully saturated rings. The predicted molar refractivity (Wildman–Crippen MR) is 115 cm³/mol. The highest BCUT2D eigenvalue weighted by atomic mass is 32.2. The molecule has 3 rings (SSSR count). The summed E-state index contributed by atoms with van der Waals surface area (Å²) in [7, 11) is -1.86. The van der Waals surface area contributed by atoms with Crippen molar-refractivity contribution in [1.82, 2.24) is 14.5 Å². The Balaban J connectivity index is 1.72. The number of nitriles is 1. The molecule has 1 aromatic rings. The number of carbonyl (C=O) groups excluding carboxylic acids is 1. The maximum atomic E-state index is 13.4. The first-order chi connectivity index (χ1) is 14.3. The van der Waals surface area contributed by atoms with Gasteiger partial charge in [-0.1, -0.05) is 19.9 Å². The Kier molecular flexibility index (Phi) is 7.17. The third-order valence-electron chi connectivity index (χ3n) is 5.94. The second-order valence-electron chi connectivity index (χ2n) is 8.73. The number of nitrogens with one attached hydrogen (secondary N) is 1. The van der Waals surface area contributed by atoms with Crippen LogP contribution in [-0.2, 0) is 14.8 Å². The van der Waals surface area contributed by atoms with Crippen LogP contribution >= 0.6 is 0 Å². The van der Waals surface area contributed by atoms with E-state index < -0.39 is 10.0 Å². The smallest absolute Gasteiger partial charge is 0.243 e. The fourth-order valence-corrected chi connectivity index (χ4v) is 6.22. The fraction of sp³-hybridized carbons (Fsp3) is 0.636. The Bertz CT molecular complexity index is 897. The number of carbonyl (C=O) groups is 1. The summed E-state index contributed by atoms with van der Waals surface area (Å²) in [6.45, 7) is 5.33. The Morgan fingerprint density at radius 3 is 2.40 bits per heavy atom. The summed E-state index contributed by atoms with van der Waals surface area (Å²) in [6.07, 6.45) is 3.79. The third-order valence-corrected chi connectivity index (χ3v) is 7.94. The van der Waals surface area contributed by atoms with Gasteiger partial charge in [-0.3, -0.25) is 4.79 Å². The number of hydrogen-bond acceptors (Lipinski definition) is 5. The van der Waals surface area contributed by atoms with Crippen LogP contribution in [-0.4, -0.2) is 61.8 Å². The van der Waals surface area contributed by atoms with Crippen molar-refractivity contribution in [2.45, 2.75) is 69.0 Å². The van der Waals surface area contributed by atoms with E-state index in [1.807, 2.05) is 18.0 Å². The van der Waals surface area contributed by atoms with Crippen LogP contribution in [0.25, 0.3) is 0 Å². The summed E-state index contributed by atoms with van der Waals surface area (Å²) in [5.41, 5.74) is 0.343. The van der Waals surface area contributed by atoms with Gasteiger partial charge in [0, 0.05) is 25.2 Å². The maximum absolute atomic E-state index is 13.4. The van der Waals surface area contributed by atoms with E-state index in [1.165, 1.54) is 6.07 Å². The first-order valence-electron chi connectivity index (χ1n) is 10.8. The summed E-state index contributed by atoms with van der Waals surface area (Å²) >= 11 is 0. The van der Waals surface area contributed by atoms with Gasteiger partial charge in [0.2, 0.25) is 15.9 Å². The number of sulfonamides is 1. The molecule has 0 spiro atoms. The predicted octanol–water partition coefficient (Wildman–Crippen LogP) is 2.34. The highest BCUT2D eigenvalue weighted by Gasteiger charge is 2.44. The molecule has 1 unspecified atom stereocenters. The molecule has 1 saturated heterocycles. The van der Waals surface area contributed by atoms with Crippen LogP contribution in [0, 0.1) is 17.2 Å². The SMILES string of the molecule is CNC(CC(C)C)C(=O)N1CCC(N(C2CC2)S(=O)(=O)c2cccc(C#N)c2)CC1. The van der Waals surface area contributed by atoms with Crippen LogP contribution in [0.5, 0.6) is 0 Å². The molecule has 1 N–H and O–H groups in total. The van der Waals surface area contributed by atoms with E-state index in [-0.39, 0.29) is 28.9 Å². The first-order valence-corrected chi connectivity index (χ1v) is 12.2. The second-order valence-corrected chi connectivity index (χ2v) is 10.6. The van der Waals surface area contributed by atoms with Crippen LogP contribution in [0.15, 0.2) is 29.2 Å². The lowest BCUT2D eigenvalue weighted by Crippen LogP contribution is -2.53. The molecule has 2 aliphatic rings. The first kappa shape index (κ1) is 22.7. The largest absolute Gasteiger partial charge is 0.341 e. The topological polar surface area (TPSA) is 93.5 Å². The second kappa shape index (κ2) is 9.46. The van der Waals surface area contributed by atoms with E-state index in [0.717, 1.165) is 19.3 Å². The molecule has 0 bridgehead atoms. The Morgan fingerprint density at radius 2 is 1.87 bits per heavy atom. The van der Waals surface area contributed by atoms with Gasteiger partial charge in [-0.15, -0.1) is 0 Å². The highest BCUT2D eigenvalue weighted by Crippen LogP contribution is 2.37. The van der Waals surface area contributed by atoms with Gasteiger partial charge in [0.05, 0.1) is 22.6 Å². The number of benzene rings is 1. The zero-order chi connectivity index (χ0) is 21.9. The van der Waals surface area contributed by atoms with Crippen molar-refractivity contribution in [2.75, 3.05) is 20.1 Å². The van der Waals surface area contributed by atoms with E-state index in [2.05, 4.69) is 19.2 Å². The summed E-state index contributed by atoms with van der Waals surface area (Å²) in [4.78, 5) is 14.9. The summed E-state index contributed by atoms with van der Waals surface area (Å²) in [6, 6.07) is 7.97. The molecule has 1 amide bonds. The molecular formula is C22H32N4O3S. The lowest BCUT2D eigenvalue weighted by atomic mass is 10.00. The van der Waals surface area contributed by atoms with Gasteiger partial charge in [0.15, 0.2) is 0 Å². The van der Waals surface area contributed by atoms with E-state index in [0.29, 0.717) is 37.4 Å². The minimum absolute atomic E-state index is 0.0268. The molecule has 1 saturated carbocycles. The molecule has 1 heterocycles. The van der Waals surface area contributed by atoms with E-state index in [4.69, 9.17) is 5.26 Å². The van der Waals surface area contributed by atoms with Crippen LogP contribution < -0.4 is 5.32 Å². The molecule has 1 aliphatic heterocycles. The summed E-state index contributed by atoms with van der Waals surface area (Å²) in [5, 5.41) is 12.3. The maximum Gasteiger partial charge on any atom is 0.243 e. The lowest BCUT2D eigenvalue weighted by molar-refractivity contribution is -0.135. The highest BCUT2D eigenvalue weighted by molar-refractivity contribution is 7.89. The van der Waals surface area contributed by atoms with Crippen LogP contribution in [0.2, 0.25) is 0 Å². The fourth-order valence-electron chi connectivity index (χ4n) is 4.24. The lowest BCUT2D eigenvalue weighted by Gasteiger charge is -2.39. The van der Waals surface area contributed by atoms with Gasteiger partial charge in [-0.05, 0) is 63.3 Å². The van der Waals surface area contributed by atoms with Crippen LogP contribution in [0.4, 0.5) is 0 Å². The molecule has 1 atom stereocenters. The standard InChI is InChI=1S/C22H32N4O3S/c1-16(2)13-21(24-3)22(27)25-11-9-19(10-12-25)26(18-7-8-18)30(28,29)20-6-4-5-17(14-20)15-23/h4-6,14,16,18-19,21,24H,7-13H2,1-3H3. The number of hydrogen-bond donors (Lipinski definition) is 1. The number of likely N-dealkylation sites (tertiary alicyclic amines) is 1. The van der Waals surface area contributed by atoms with Gasteiger partial charge in [0.25, 0.3) is 0 Å². The summed E-state index contributed by atoms with van der Waals surface area (Å²) < 4.78 is 28.5. The van der Waals surface area contributed by atoms with Gasteiger partial charge >= 0.3 is 0 Å². The molecule has 1 aliphatic carbocycles. The van der Waals surface area contributed by atoms with Crippen LogP contribution in [0.1, 0.15) is 51.5 Å². The van der Waals surface area contributed by atoms with E-state index >= 15 is 0 Å². The Labute approximate surface area is 180 Å². The number of nitrogens with zero attached hydrogens (tertiary/aromatic N) is 3. The van der Waals surface area contributed by atoms with Crippen molar-refractivity contribution in [3.05, 3.63) is 29.8 Å². The van der Waals surface area contributed by atoms with Crippen molar-refractivity contribution in [1.29, 1.82) is 5.26 Å². The van der Waals surface area contributed by atoms with Crippen LogP contribution in [0.3, 0.4) is 0 Å². The average Bonchev–Trinajstić information content (AvgIpc) is 3.56. The third kappa shape index (κ3) is 5.02. The van der Waals surface area contributed by atoms with Gasteiger partial charge in [-0.2, -0.15) is 9.57 Å². The van der Waals surface area contributed by atoms with Crippen molar-refractivity contribution in [3.63, 3.8) is 0 Å². The molecule has 7 nitrogen and oxygen atoms in total. The molecule has 30 heavy (non-hydrogen) atoms. The minimum atomic E-state index is -3.68. The molecule has 1 aromatic carbocycles. The molecular weight excluding hydrogens is 400 g/mol. The summed E-state index contributed by atoms with van der Waals surface area (Å²) in [5.74, 6) is 0.524. The van der Waals surface area contributed by atoms with Gasteiger partial charge < -0.3 is 10.2 Å². The number of rotatable bonds is 8. The van der Waals surface area contributed by atoms with Crippen molar-refractivity contribution in [2.24, 2.45) is 5.92 Å². The van der Waals surface area contributed by atoms with Crippen molar-refractivity contribution in [3.8, 4) is 6.07 Å². The average molecular weight is 433 g/mol. The number of amides is 1. The van der Waals surface area contributed by atoms with E-state index in [9.17, 15) is 13.2 Å².